The number of hydrogen-bond acceptors (Lipinski definition) is 5. The van der Waals surface area contributed by atoms with Gasteiger partial charge in [0.25, 0.3) is 0 Å². The Kier molecular flexibility index (Phi) is 4.19. The molecule has 0 bridgehead atoms. The molecule has 0 amide bonds. The number of hydrazine groups is 1. The van der Waals surface area contributed by atoms with Crippen LogP contribution in [0.2, 0.25) is 5.02 Å². The van der Waals surface area contributed by atoms with Gasteiger partial charge in [0.05, 0.1) is 21.4 Å². The number of nitrogens with one attached hydrogen (secondary N) is 1. The Morgan fingerprint density at radius 1 is 1.29 bits per heavy atom. The Morgan fingerprint density at radius 3 is 2.88 bits per heavy atom. The zero-order chi connectivity index (χ0) is 12.1. The molecule has 4 nitrogen and oxygen atoms in total. The SMILES string of the molecule is NNc1ccnc(CSc2ccc(Cl)cn2)c1. The number of aromatic nitrogens is 2. The molecule has 6 heteroatoms. The Hall–Kier alpha value is -1.30. The third-order valence-electron chi connectivity index (χ3n) is 2.05. The Balaban J connectivity index is 1.99. The third kappa shape index (κ3) is 3.59. The summed E-state index contributed by atoms with van der Waals surface area (Å²) in [7, 11) is 0. The van der Waals surface area contributed by atoms with Crippen molar-refractivity contribution in [2.75, 3.05) is 5.43 Å². The minimum absolute atomic E-state index is 0.641. The number of anilines is 1. The monoisotopic (exact) mass is 266 g/mol. The highest BCUT2D eigenvalue weighted by atomic mass is 35.5. The van der Waals surface area contributed by atoms with Gasteiger partial charge in [-0.1, -0.05) is 11.6 Å². The molecule has 0 saturated heterocycles. The van der Waals surface area contributed by atoms with Crippen molar-refractivity contribution in [1.29, 1.82) is 0 Å². The van der Waals surface area contributed by atoms with Gasteiger partial charge in [-0.15, -0.1) is 11.8 Å². The first-order valence-electron chi connectivity index (χ1n) is 4.94. The molecule has 88 valence electrons. The van der Waals surface area contributed by atoms with E-state index in [1.54, 1.807) is 24.2 Å². The molecule has 2 rings (SSSR count). The van der Waals surface area contributed by atoms with Gasteiger partial charge in [0.1, 0.15) is 0 Å². The summed E-state index contributed by atoms with van der Waals surface area (Å²) in [6, 6.07) is 7.43. The molecule has 2 heterocycles. The lowest BCUT2D eigenvalue weighted by Crippen LogP contribution is -2.07. The van der Waals surface area contributed by atoms with E-state index in [2.05, 4.69) is 15.4 Å². The maximum Gasteiger partial charge on any atom is 0.0964 e. The minimum atomic E-state index is 0.641. The van der Waals surface area contributed by atoms with Crippen molar-refractivity contribution in [1.82, 2.24) is 9.97 Å². The summed E-state index contributed by atoms with van der Waals surface area (Å²) in [5, 5.41) is 1.56. The predicted molar refractivity (Wildman–Crippen MR) is 70.9 cm³/mol. The highest BCUT2D eigenvalue weighted by Gasteiger charge is 2.00. The number of hydrogen-bond donors (Lipinski definition) is 2. The summed E-state index contributed by atoms with van der Waals surface area (Å²) in [5.41, 5.74) is 4.38. The predicted octanol–water partition coefficient (Wildman–Crippen LogP) is 2.71. The van der Waals surface area contributed by atoms with E-state index in [-0.39, 0.29) is 0 Å². The zero-order valence-electron chi connectivity index (χ0n) is 8.93. The fourth-order valence-electron chi connectivity index (χ4n) is 1.24. The largest absolute Gasteiger partial charge is 0.324 e. The van der Waals surface area contributed by atoms with Crippen LogP contribution in [0, 0.1) is 0 Å². The van der Waals surface area contributed by atoms with Crippen LogP contribution in [0.5, 0.6) is 0 Å². The molecule has 2 aromatic rings. The molecule has 0 aromatic carbocycles. The summed E-state index contributed by atoms with van der Waals surface area (Å²) in [4.78, 5) is 8.45. The van der Waals surface area contributed by atoms with Gasteiger partial charge in [-0.25, -0.2) is 4.98 Å². The van der Waals surface area contributed by atoms with Gasteiger partial charge in [-0.05, 0) is 24.3 Å². The number of pyridine rings is 2. The van der Waals surface area contributed by atoms with Gasteiger partial charge < -0.3 is 5.43 Å². The minimum Gasteiger partial charge on any atom is -0.324 e. The van der Waals surface area contributed by atoms with Crippen LogP contribution in [0.1, 0.15) is 5.69 Å². The molecule has 3 N–H and O–H groups in total. The Bertz CT molecular complexity index is 489. The standard InChI is InChI=1S/C11H11ClN4S/c12-8-1-2-11(15-6-8)17-7-10-5-9(16-13)3-4-14-10/h1-6H,7,13H2,(H,14,16). The molecule has 0 aliphatic carbocycles. The van der Waals surface area contributed by atoms with Crippen LogP contribution in [0.4, 0.5) is 5.69 Å². The summed E-state index contributed by atoms with van der Waals surface area (Å²) < 4.78 is 0. The van der Waals surface area contributed by atoms with Crippen molar-refractivity contribution in [2.24, 2.45) is 5.84 Å². The second kappa shape index (κ2) is 5.86. The van der Waals surface area contributed by atoms with Crippen molar-refractivity contribution < 1.29 is 0 Å². The fourth-order valence-corrected chi connectivity index (χ4v) is 2.10. The number of nitrogens with zero attached hydrogens (tertiary/aromatic N) is 2. The highest BCUT2D eigenvalue weighted by molar-refractivity contribution is 7.98. The van der Waals surface area contributed by atoms with Gasteiger partial charge in [-0.2, -0.15) is 0 Å². The van der Waals surface area contributed by atoms with Gasteiger partial charge in [0.2, 0.25) is 0 Å². The maximum absolute atomic E-state index is 5.76. The average molecular weight is 267 g/mol. The molecule has 17 heavy (non-hydrogen) atoms. The third-order valence-corrected chi connectivity index (χ3v) is 3.25. The zero-order valence-corrected chi connectivity index (χ0v) is 10.5. The molecular formula is C11H11ClN4S. The second-order valence-corrected chi connectivity index (χ2v) is 4.72. The number of nitrogen functional groups attached to an aromatic ring is 1. The van der Waals surface area contributed by atoms with Gasteiger partial charge in [0.15, 0.2) is 0 Å². The lowest BCUT2D eigenvalue weighted by Gasteiger charge is -2.03. The number of thioether (sulfide) groups is 1. The van der Waals surface area contributed by atoms with E-state index in [4.69, 9.17) is 17.4 Å². The van der Waals surface area contributed by atoms with E-state index in [1.807, 2.05) is 24.3 Å². The first-order valence-corrected chi connectivity index (χ1v) is 6.30. The second-order valence-electron chi connectivity index (χ2n) is 3.28. The van der Waals surface area contributed by atoms with E-state index in [9.17, 15) is 0 Å². The first kappa shape index (κ1) is 12.2. The van der Waals surface area contributed by atoms with E-state index in [0.29, 0.717) is 5.02 Å². The van der Waals surface area contributed by atoms with Crippen LogP contribution in [0.25, 0.3) is 0 Å². The normalized spacial score (nSPS) is 10.2. The molecule has 0 radical (unpaired) electrons. The van der Waals surface area contributed by atoms with Crippen molar-refractivity contribution in [3.8, 4) is 0 Å². The Morgan fingerprint density at radius 2 is 2.18 bits per heavy atom. The average Bonchev–Trinajstić information content (AvgIpc) is 2.38. The van der Waals surface area contributed by atoms with E-state index in [0.717, 1.165) is 22.2 Å². The molecule has 0 spiro atoms. The summed E-state index contributed by atoms with van der Waals surface area (Å²) in [5.74, 6) is 6.07. The number of nitrogens with two attached hydrogens (primary N) is 1. The van der Waals surface area contributed by atoms with Gasteiger partial charge in [-0.3, -0.25) is 10.8 Å². The fraction of sp³-hybridized carbons (Fsp3) is 0.0909. The lowest BCUT2D eigenvalue weighted by atomic mass is 10.3. The van der Waals surface area contributed by atoms with Crippen molar-refractivity contribution in [2.45, 2.75) is 10.8 Å². The van der Waals surface area contributed by atoms with Crippen LogP contribution in [0.3, 0.4) is 0 Å². The van der Waals surface area contributed by atoms with Crippen LogP contribution in [-0.4, -0.2) is 9.97 Å². The maximum atomic E-state index is 5.76. The lowest BCUT2D eigenvalue weighted by molar-refractivity contribution is 1.12. The molecule has 0 atom stereocenters. The quantitative estimate of drug-likeness (QED) is 0.506. The number of rotatable bonds is 4. The summed E-state index contributed by atoms with van der Waals surface area (Å²) in [6.07, 6.45) is 3.36. The van der Waals surface area contributed by atoms with Crippen molar-refractivity contribution in [3.05, 3.63) is 47.4 Å². The van der Waals surface area contributed by atoms with Crippen LogP contribution in [0.15, 0.2) is 41.7 Å². The molecule has 0 aliphatic rings. The molecular weight excluding hydrogens is 256 g/mol. The molecule has 0 aliphatic heterocycles. The van der Waals surface area contributed by atoms with E-state index in [1.165, 1.54) is 0 Å². The molecule has 2 aromatic heterocycles. The van der Waals surface area contributed by atoms with Crippen LogP contribution in [-0.2, 0) is 5.75 Å². The first-order chi connectivity index (χ1) is 8.28. The molecule has 0 unspecified atom stereocenters. The summed E-state index contributed by atoms with van der Waals surface area (Å²) >= 11 is 7.36. The molecule has 0 fully saturated rings. The summed E-state index contributed by atoms with van der Waals surface area (Å²) in [6.45, 7) is 0. The highest BCUT2D eigenvalue weighted by Crippen LogP contribution is 2.21. The topological polar surface area (TPSA) is 63.8 Å². The van der Waals surface area contributed by atoms with E-state index >= 15 is 0 Å². The van der Waals surface area contributed by atoms with Gasteiger partial charge >= 0.3 is 0 Å². The number of halogens is 1. The van der Waals surface area contributed by atoms with Crippen LogP contribution >= 0.6 is 23.4 Å². The van der Waals surface area contributed by atoms with Crippen LogP contribution < -0.4 is 11.3 Å². The smallest absolute Gasteiger partial charge is 0.0964 e. The van der Waals surface area contributed by atoms with E-state index < -0.39 is 0 Å². The Labute approximate surface area is 109 Å². The van der Waals surface area contributed by atoms with Crippen molar-refractivity contribution >= 4 is 29.1 Å². The van der Waals surface area contributed by atoms with Crippen molar-refractivity contribution in [3.63, 3.8) is 0 Å². The molecule has 0 saturated carbocycles. The van der Waals surface area contributed by atoms with Gasteiger partial charge in [0, 0.05) is 18.1 Å².